The van der Waals surface area contributed by atoms with Crippen molar-refractivity contribution in [2.24, 2.45) is 12.0 Å². The fraction of sp³-hybridized carbons (Fsp3) is 0.611. The molecule has 7 nitrogen and oxygen atoms in total. The van der Waals surface area contributed by atoms with Gasteiger partial charge in [-0.05, 0) is 39.7 Å². The Balaban J connectivity index is 0.00000364. The van der Waals surface area contributed by atoms with Gasteiger partial charge < -0.3 is 15.5 Å². The van der Waals surface area contributed by atoms with E-state index in [1.807, 2.05) is 30.7 Å². The zero-order valence-corrected chi connectivity index (χ0v) is 20.5. The summed E-state index contributed by atoms with van der Waals surface area (Å²) in [7, 11) is 5.99. The molecule has 0 aliphatic rings. The third-order valence-electron chi connectivity index (χ3n) is 4.22. The Kier molecular flexibility index (Phi) is 9.51. The SMILES string of the molecule is CCNC(=NCc1csc(N(C)C)n1)NC(C)Cc1c(C)nn(C)c1C.I. The smallest absolute Gasteiger partial charge is 0.191 e. The minimum absolute atomic E-state index is 0. The van der Waals surface area contributed by atoms with E-state index in [4.69, 9.17) is 0 Å². The summed E-state index contributed by atoms with van der Waals surface area (Å²) in [6, 6.07) is 0.252. The van der Waals surface area contributed by atoms with Gasteiger partial charge in [-0.15, -0.1) is 35.3 Å². The van der Waals surface area contributed by atoms with Crippen LogP contribution in [0.1, 0.15) is 36.5 Å². The minimum Gasteiger partial charge on any atom is -0.357 e. The lowest BCUT2D eigenvalue weighted by Gasteiger charge is -2.18. The highest BCUT2D eigenvalue weighted by Gasteiger charge is 2.14. The van der Waals surface area contributed by atoms with Crippen molar-refractivity contribution in [2.45, 2.75) is 46.7 Å². The molecule has 2 N–H and O–H groups in total. The summed E-state index contributed by atoms with van der Waals surface area (Å²) in [5, 5.41) is 14.4. The van der Waals surface area contributed by atoms with E-state index in [1.165, 1.54) is 11.3 Å². The predicted molar refractivity (Wildman–Crippen MR) is 126 cm³/mol. The molecule has 27 heavy (non-hydrogen) atoms. The Morgan fingerprint density at radius 3 is 2.59 bits per heavy atom. The van der Waals surface area contributed by atoms with Crippen molar-refractivity contribution in [3.8, 4) is 0 Å². The summed E-state index contributed by atoms with van der Waals surface area (Å²) in [6.07, 6.45) is 0.914. The summed E-state index contributed by atoms with van der Waals surface area (Å²) in [4.78, 5) is 11.3. The topological polar surface area (TPSA) is 70.4 Å². The van der Waals surface area contributed by atoms with Crippen LogP contribution >= 0.6 is 35.3 Å². The van der Waals surface area contributed by atoms with Crippen LogP contribution in [0.15, 0.2) is 10.4 Å². The van der Waals surface area contributed by atoms with Gasteiger partial charge in [-0.2, -0.15) is 5.10 Å². The quantitative estimate of drug-likeness (QED) is 0.344. The second kappa shape index (κ2) is 10.8. The van der Waals surface area contributed by atoms with Crippen LogP contribution < -0.4 is 15.5 Å². The molecule has 0 aliphatic carbocycles. The number of aliphatic imine (C=N–C) groups is 1. The van der Waals surface area contributed by atoms with Crippen molar-refractivity contribution in [1.82, 2.24) is 25.4 Å². The molecule has 2 rings (SSSR count). The van der Waals surface area contributed by atoms with Crippen LogP contribution in [0.5, 0.6) is 0 Å². The van der Waals surface area contributed by atoms with Crippen molar-refractivity contribution < 1.29 is 0 Å². The first-order chi connectivity index (χ1) is 12.3. The molecule has 0 spiro atoms. The molecule has 1 atom stereocenters. The van der Waals surface area contributed by atoms with Crippen molar-refractivity contribution >= 4 is 46.4 Å². The van der Waals surface area contributed by atoms with Gasteiger partial charge in [-0.1, -0.05) is 0 Å². The molecular formula is C18H32IN7S. The van der Waals surface area contributed by atoms with Gasteiger partial charge in [0.25, 0.3) is 0 Å². The standard InChI is InChI=1S/C18H31N7S.HI/c1-8-19-17(20-10-15-11-26-18(22-15)24(5)6)21-12(2)9-16-13(3)23-25(7)14(16)4;/h11-12H,8-10H2,1-7H3,(H2,19,20,21);1H. The van der Waals surface area contributed by atoms with Gasteiger partial charge in [0.2, 0.25) is 0 Å². The number of guanidine groups is 1. The number of rotatable bonds is 7. The Bertz CT molecular complexity index is 751. The molecule has 0 saturated carbocycles. The lowest BCUT2D eigenvalue weighted by Crippen LogP contribution is -2.43. The van der Waals surface area contributed by atoms with Crippen LogP contribution in [-0.4, -0.2) is 47.4 Å². The Morgan fingerprint density at radius 2 is 2.07 bits per heavy atom. The highest BCUT2D eigenvalue weighted by Crippen LogP contribution is 2.18. The lowest BCUT2D eigenvalue weighted by atomic mass is 10.1. The molecule has 9 heteroatoms. The van der Waals surface area contributed by atoms with Gasteiger partial charge in [0.1, 0.15) is 0 Å². The molecule has 0 amide bonds. The molecule has 0 radical (unpaired) electrons. The van der Waals surface area contributed by atoms with Crippen LogP contribution in [0.2, 0.25) is 0 Å². The van der Waals surface area contributed by atoms with E-state index in [-0.39, 0.29) is 30.0 Å². The number of aromatic nitrogens is 3. The largest absolute Gasteiger partial charge is 0.357 e. The fourth-order valence-corrected chi connectivity index (χ4v) is 3.51. The molecule has 0 bridgehead atoms. The maximum Gasteiger partial charge on any atom is 0.191 e. The van der Waals surface area contributed by atoms with Gasteiger partial charge in [0, 0.05) is 44.8 Å². The molecule has 0 saturated heterocycles. The van der Waals surface area contributed by atoms with E-state index in [9.17, 15) is 0 Å². The first kappa shape index (κ1) is 23.7. The third-order valence-corrected chi connectivity index (χ3v) is 5.28. The molecule has 2 aromatic rings. The van der Waals surface area contributed by atoms with Crippen molar-refractivity contribution in [2.75, 3.05) is 25.5 Å². The number of aryl methyl sites for hydroxylation is 2. The minimum atomic E-state index is 0. The van der Waals surface area contributed by atoms with Crippen LogP contribution in [0.25, 0.3) is 0 Å². The molecule has 0 aliphatic heterocycles. The number of anilines is 1. The number of hydrogen-bond acceptors (Lipinski definition) is 5. The molecular weight excluding hydrogens is 473 g/mol. The van der Waals surface area contributed by atoms with E-state index in [0.29, 0.717) is 6.54 Å². The van der Waals surface area contributed by atoms with Crippen LogP contribution in [0, 0.1) is 13.8 Å². The number of nitrogens with one attached hydrogen (secondary N) is 2. The predicted octanol–water partition coefficient (Wildman–Crippen LogP) is 2.86. The lowest BCUT2D eigenvalue weighted by molar-refractivity contribution is 0.635. The highest BCUT2D eigenvalue weighted by molar-refractivity contribution is 14.0. The van der Waals surface area contributed by atoms with Gasteiger partial charge in [0.05, 0.1) is 17.9 Å². The Morgan fingerprint density at radius 1 is 1.37 bits per heavy atom. The Hall–Kier alpha value is -1.36. The molecule has 2 aromatic heterocycles. The average molecular weight is 505 g/mol. The maximum absolute atomic E-state index is 4.69. The van der Waals surface area contributed by atoms with Crippen LogP contribution in [0.4, 0.5) is 5.13 Å². The van der Waals surface area contributed by atoms with Crippen LogP contribution in [0.3, 0.4) is 0 Å². The van der Waals surface area contributed by atoms with Gasteiger partial charge >= 0.3 is 0 Å². The number of halogens is 1. The summed E-state index contributed by atoms with van der Waals surface area (Å²) in [5.41, 5.74) is 4.61. The maximum atomic E-state index is 4.69. The summed E-state index contributed by atoms with van der Waals surface area (Å²) < 4.78 is 1.95. The van der Waals surface area contributed by atoms with Crippen molar-refractivity contribution in [3.63, 3.8) is 0 Å². The Labute approximate surface area is 183 Å². The van der Waals surface area contributed by atoms with Crippen molar-refractivity contribution in [3.05, 3.63) is 28.0 Å². The van der Waals surface area contributed by atoms with E-state index in [1.54, 1.807) is 11.3 Å². The summed E-state index contributed by atoms with van der Waals surface area (Å²) in [5.74, 6) is 0.818. The summed E-state index contributed by atoms with van der Waals surface area (Å²) >= 11 is 1.64. The van der Waals surface area contributed by atoms with Gasteiger partial charge in [0.15, 0.2) is 11.1 Å². The molecule has 0 aromatic carbocycles. The normalized spacial score (nSPS) is 12.5. The average Bonchev–Trinajstić information content (AvgIpc) is 3.14. The van der Waals surface area contributed by atoms with E-state index < -0.39 is 0 Å². The van der Waals surface area contributed by atoms with E-state index in [2.05, 4.69) is 58.8 Å². The molecule has 1 unspecified atom stereocenters. The zero-order chi connectivity index (χ0) is 19.3. The number of hydrogen-bond donors (Lipinski definition) is 2. The van der Waals surface area contributed by atoms with Crippen LogP contribution in [-0.2, 0) is 20.0 Å². The number of thiazole rings is 1. The van der Waals surface area contributed by atoms with Crippen molar-refractivity contribution in [1.29, 1.82) is 0 Å². The molecule has 2 heterocycles. The highest BCUT2D eigenvalue weighted by atomic mass is 127. The summed E-state index contributed by atoms with van der Waals surface area (Å²) in [6.45, 7) is 9.82. The second-order valence-corrected chi connectivity index (χ2v) is 7.57. The van der Waals surface area contributed by atoms with E-state index >= 15 is 0 Å². The monoisotopic (exact) mass is 505 g/mol. The fourth-order valence-electron chi connectivity index (χ4n) is 2.76. The van der Waals surface area contributed by atoms with Gasteiger partial charge in [-0.25, -0.2) is 9.98 Å². The molecule has 0 fully saturated rings. The van der Waals surface area contributed by atoms with E-state index in [0.717, 1.165) is 35.4 Å². The third kappa shape index (κ3) is 6.63. The van der Waals surface area contributed by atoms with Gasteiger partial charge in [-0.3, -0.25) is 4.68 Å². The first-order valence-electron chi connectivity index (χ1n) is 8.97. The zero-order valence-electron chi connectivity index (χ0n) is 17.3. The second-order valence-electron chi connectivity index (χ2n) is 6.73. The molecule has 152 valence electrons. The number of nitrogens with zero attached hydrogens (tertiary/aromatic N) is 5. The first-order valence-corrected chi connectivity index (χ1v) is 9.85.